The van der Waals surface area contributed by atoms with E-state index in [1.807, 2.05) is 56.3 Å². The molecule has 0 aliphatic carbocycles. The summed E-state index contributed by atoms with van der Waals surface area (Å²) in [5.41, 5.74) is 3.02. The Morgan fingerprint density at radius 1 is 1.23 bits per heavy atom. The van der Waals surface area contributed by atoms with Crippen molar-refractivity contribution in [1.82, 2.24) is 4.90 Å². The summed E-state index contributed by atoms with van der Waals surface area (Å²) in [5.74, 6) is 0.812. The number of ether oxygens (including phenoxy) is 2. The molecule has 0 bridgehead atoms. The van der Waals surface area contributed by atoms with E-state index in [1.54, 1.807) is 7.11 Å². The van der Waals surface area contributed by atoms with Crippen molar-refractivity contribution in [2.45, 2.75) is 45.1 Å². The minimum atomic E-state index is -0.592. The van der Waals surface area contributed by atoms with Crippen LogP contribution in [0, 0.1) is 0 Å². The van der Waals surface area contributed by atoms with Crippen LogP contribution in [-0.4, -0.2) is 60.8 Å². The first-order valence-corrected chi connectivity index (χ1v) is 10.9. The zero-order valence-corrected chi connectivity index (χ0v) is 19.1. The van der Waals surface area contributed by atoms with Crippen LogP contribution in [0.3, 0.4) is 0 Å². The molecule has 2 aromatic rings. The fraction of sp³-hybridized carbons (Fsp3) is 0.458. The fourth-order valence-electron chi connectivity index (χ4n) is 3.51. The van der Waals surface area contributed by atoms with Crippen molar-refractivity contribution < 1.29 is 19.4 Å². The number of halogens is 1. The molecule has 0 fully saturated rings. The zero-order valence-electron chi connectivity index (χ0n) is 18.3. The molecule has 31 heavy (non-hydrogen) atoms. The summed E-state index contributed by atoms with van der Waals surface area (Å²) in [4.78, 5) is 7.89. The Morgan fingerprint density at radius 3 is 2.71 bits per heavy atom. The largest absolute Gasteiger partial charge is 0.497 e. The molecule has 2 unspecified atom stereocenters. The van der Waals surface area contributed by atoms with Gasteiger partial charge in [-0.2, -0.15) is 0 Å². The van der Waals surface area contributed by atoms with Gasteiger partial charge in [0.1, 0.15) is 11.9 Å². The summed E-state index contributed by atoms with van der Waals surface area (Å²) in [6, 6.07) is 15.6. The molecule has 6 nitrogen and oxygen atoms in total. The molecule has 1 aliphatic heterocycles. The van der Waals surface area contributed by atoms with Gasteiger partial charge in [-0.05, 0) is 49.2 Å². The molecule has 0 saturated heterocycles. The summed E-state index contributed by atoms with van der Waals surface area (Å²) >= 11 is 5.99. The molecule has 1 N–H and O–H groups in total. The molecular formula is C24H31ClN2O4. The number of methoxy groups -OCH3 is 1. The summed E-state index contributed by atoms with van der Waals surface area (Å²) < 4.78 is 10.9. The first-order chi connectivity index (χ1) is 14.9. The van der Waals surface area contributed by atoms with Gasteiger partial charge in [0.2, 0.25) is 0 Å². The topological polar surface area (TPSA) is 63.5 Å². The monoisotopic (exact) mass is 446 g/mol. The van der Waals surface area contributed by atoms with Crippen molar-refractivity contribution in [3.8, 4) is 5.75 Å². The van der Waals surface area contributed by atoms with Gasteiger partial charge >= 0.3 is 0 Å². The summed E-state index contributed by atoms with van der Waals surface area (Å²) in [6.45, 7) is 5.98. The van der Waals surface area contributed by atoms with E-state index in [0.29, 0.717) is 37.7 Å². The average molecular weight is 447 g/mol. The first kappa shape index (κ1) is 23.5. The van der Waals surface area contributed by atoms with Crippen LogP contribution in [0.25, 0.3) is 0 Å². The Bertz CT molecular complexity index is 857. The van der Waals surface area contributed by atoms with E-state index in [-0.39, 0.29) is 12.2 Å². The van der Waals surface area contributed by atoms with Gasteiger partial charge in [0, 0.05) is 31.1 Å². The van der Waals surface area contributed by atoms with Crippen LogP contribution < -0.4 is 4.74 Å². The Labute approximate surface area is 189 Å². The van der Waals surface area contributed by atoms with E-state index in [4.69, 9.17) is 25.9 Å². The lowest BCUT2D eigenvalue weighted by Crippen LogP contribution is -2.39. The second-order valence-corrected chi connectivity index (χ2v) is 8.49. The molecule has 1 heterocycles. The summed E-state index contributed by atoms with van der Waals surface area (Å²) in [6.07, 6.45) is 0.102. The summed E-state index contributed by atoms with van der Waals surface area (Å²) in [5, 5.41) is 15.5. The van der Waals surface area contributed by atoms with Crippen molar-refractivity contribution in [2.24, 2.45) is 5.16 Å². The second-order valence-electron chi connectivity index (χ2n) is 8.06. The van der Waals surface area contributed by atoms with Crippen LogP contribution in [0.4, 0.5) is 0 Å². The molecular weight excluding hydrogens is 416 g/mol. The van der Waals surface area contributed by atoms with Gasteiger partial charge < -0.3 is 19.4 Å². The fourth-order valence-corrected chi connectivity index (χ4v) is 3.64. The second kappa shape index (κ2) is 11.5. The van der Waals surface area contributed by atoms with E-state index < -0.39 is 6.10 Å². The minimum absolute atomic E-state index is 0.0787. The number of aliphatic hydroxyl groups excluding tert-OH is 1. The lowest BCUT2D eigenvalue weighted by molar-refractivity contribution is -0.0194. The van der Waals surface area contributed by atoms with Crippen LogP contribution in [0.15, 0.2) is 53.7 Å². The van der Waals surface area contributed by atoms with Gasteiger partial charge in [0.05, 0.1) is 31.6 Å². The molecule has 2 aromatic carbocycles. The number of oxime groups is 1. The third kappa shape index (κ3) is 7.51. The molecule has 0 saturated carbocycles. The summed E-state index contributed by atoms with van der Waals surface area (Å²) in [7, 11) is 1.66. The van der Waals surface area contributed by atoms with Crippen LogP contribution in [-0.2, 0) is 16.1 Å². The van der Waals surface area contributed by atoms with Gasteiger partial charge in [-0.25, -0.2) is 0 Å². The maximum atomic E-state index is 10.5. The third-order valence-electron chi connectivity index (χ3n) is 5.00. The number of rotatable bonds is 11. The zero-order chi connectivity index (χ0) is 22.2. The van der Waals surface area contributed by atoms with E-state index in [2.05, 4.69) is 16.1 Å². The van der Waals surface area contributed by atoms with Crippen molar-refractivity contribution in [3.63, 3.8) is 0 Å². The molecule has 7 heteroatoms. The number of aliphatic hydroxyl groups is 1. The standard InChI is InChI=1S/C24H31ClN2O4/c1-17(2)30-16-21(28)14-27(13-18-5-4-6-22(11-18)29-3)15-23-12-24(26-31-23)19-7-9-20(25)10-8-19/h4-11,17,21,23,28H,12-16H2,1-3H3. The van der Waals surface area contributed by atoms with Gasteiger partial charge in [-0.3, -0.25) is 4.90 Å². The van der Waals surface area contributed by atoms with E-state index in [1.165, 1.54) is 0 Å². The van der Waals surface area contributed by atoms with Gasteiger partial charge in [-0.15, -0.1) is 0 Å². The van der Waals surface area contributed by atoms with E-state index >= 15 is 0 Å². The Hall–Kier alpha value is -2.12. The molecule has 1 aliphatic rings. The van der Waals surface area contributed by atoms with Crippen LogP contribution in [0.5, 0.6) is 5.75 Å². The van der Waals surface area contributed by atoms with Crippen LogP contribution in [0.1, 0.15) is 31.4 Å². The van der Waals surface area contributed by atoms with Crippen LogP contribution in [0.2, 0.25) is 5.02 Å². The van der Waals surface area contributed by atoms with Crippen molar-refractivity contribution in [3.05, 3.63) is 64.7 Å². The third-order valence-corrected chi connectivity index (χ3v) is 5.26. The van der Waals surface area contributed by atoms with Crippen molar-refractivity contribution in [2.75, 3.05) is 26.8 Å². The number of hydrogen-bond donors (Lipinski definition) is 1. The SMILES string of the molecule is COc1cccc(CN(CC(O)COC(C)C)CC2CC(c3ccc(Cl)cc3)=NO2)c1. The molecule has 2 atom stereocenters. The highest BCUT2D eigenvalue weighted by molar-refractivity contribution is 6.30. The van der Waals surface area contributed by atoms with Gasteiger partial charge in [0.25, 0.3) is 0 Å². The molecule has 0 radical (unpaired) electrons. The lowest BCUT2D eigenvalue weighted by atomic mass is 10.0. The smallest absolute Gasteiger partial charge is 0.145 e. The average Bonchev–Trinajstić information content (AvgIpc) is 3.21. The highest BCUT2D eigenvalue weighted by atomic mass is 35.5. The molecule has 0 aromatic heterocycles. The Morgan fingerprint density at radius 2 is 2.00 bits per heavy atom. The Balaban J connectivity index is 1.63. The van der Waals surface area contributed by atoms with Crippen LogP contribution >= 0.6 is 11.6 Å². The molecule has 3 rings (SSSR count). The minimum Gasteiger partial charge on any atom is -0.497 e. The first-order valence-electron chi connectivity index (χ1n) is 10.6. The highest BCUT2D eigenvalue weighted by Gasteiger charge is 2.26. The predicted molar refractivity (Wildman–Crippen MR) is 123 cm³/mol. The maximum Gasteiger partial charge on any atom is 0.145 e. The normalized spacial score (nSPS) is 17.0. The maximum absolute atomic E-state index is 10.5. The van der Waals surface area contributed by atoms with Crippen molar-refractivity contribution in [1.29, 1.82) is 0 Å². The number of benzene rings is 2. The van der Waals surface area contributed by atoms with Crippen molar-refractivity contribution >= 4 is 17.3 Å². The van der Waals surface area contributed by atoms with E-state index in [0.717, 1.165) is 22.6 Å². The predicted octanol–water partition coefficient (Wildman–Crippen LogP) is 4.13. The molecule has 0 spiro atoms. The number of hydrogen-bond acceptors (Lipinski definition) is 6. The highest BCUT2D eigenvalue weighted by Crippen LogP contribution is 2.21. The Kier molecular flexibility index (Phi) is 8.72. The quantitative estimate of drug-likeness (QED) is 0.562. The lowest BCUT2D eigenvalue weighted by Gasteiger charge is -2.27. The molecule has 0 amide bonds. The van der Waals surface area contributed by atoms with Gasteiger partial charge in [0.15, 0.2) is 0 Å². The molecule has 168 valence electrons. The number of nitrogens with zero attached hydrogens (tertiary/aromatic N) is 2. The van der Waals surface area contributed by atoms with Gasteiger partial charge in [-0.1, -0.05) is 41.0 Å². The van der Waals surface area contributed by atoms with E-state index in [9.17, 15) is 5.11 Å².